The van der Waals surface area contributed by atoms with Gasteiger partial charge in [-0.1, -0.05) is 0 Å². The molecule has 1 aromatic rings. The lowest BCUT2D eigenvalue weighted by molar-refractivity contribution is 0.0588. The number of piperazine rings is 1. The van der Waals surface area contributed by atoms with Gasteiger partial charge in [-0.05, 0) is 27.4 Å². The second-order valence-corrected chi connectivity index (χ2v) is 5.22. The van der Waals surface area contributed by atoms with E-state index in [4.69, 9.17) is 0 Å². The minimum absolute atomic E-state index is 0.403. The van der Waals surface area contributed by atoms with Gasteiger partial charge in [0.25, 0.3) is 0 Å². The zero-order valence-corrected chi connectivity index (χ0v) is 11.6. The van der Waals surface area contributed by atoms with Gasteiger partial charge in [-0.3, -0.25) is 0 Å². The molecule has 2 unspecified atom stereocenters. The Bertz CT molecular complexity index is 379. The van der Waals surface area contributed by atoms with Gasteiger partial charge in [0, 0.05) is 44.6 Å². The molecule has 18 heavy (non-hydrogen) atoms. The third-order valence-electron chi connectivity index (χ3n) is 3.86. The average molecular weight is 252 g/mol. The molecule has 0 radical (unpaired) electrons. The van der Waals surface area contributed by atoms with Crippen LogP contribution in [0.3, 0.4) is 0 Å². The maximum absolute atomic E-state index is 10.3. The molecule has 1 fully saturated rings. The highest BCUT2D eigenvalue weighted by Crippen LogP contribution is 2.21. The Labute approximate surface area is 109 Å². The predicted octanol–water partition coefficient (Wildman–Crippen LogP) is 0.572. The number of imidazole rings is 1. The molecule has 1 aliphatic rings. The Balaban J connectivity index is 2.00. The van der Waals surface area contributed by atoms with E-state index in [1.807, 2.05) is 10.8 Å². The van der Waals surface area contributed by atoms with Crippen LogP contribution in [0.15, 0.2) is 12.4 Å². The summed E-state index contributed by atoms with van der Waals surface area (Å²) in [5, 5.41) is 10.3. The Morgan fingerprint density at radius 1 is 1.44 bits per heavy atom. The normalized spacial score (nSPS) is 24.3. The van der Waals surface area contributed by atoms with Gasteiger partial charge in [-0.25, -0.2) is 4.98 Å². The maximum atomic E-state index is 10.3. The first-order chi connectivity index (χ1) is 8.61. The van der Waals surface area contributed by atoms with Crippen molar-refractivity contribution >= 4 is 0 Å². The lowest BCUT2D eigenvalue weighted by Crippen LogP contribution is -2.50. The molecule has 1 saturated heterocycles. The van der Waals surface area contributed by atoms with Gasteiger partial charge in [-0.15, -0.1) is 0 Å². The first-order valence-electron chi connectivity index (χ1n) is 6.69. The van der Waals surface area contributed by atoms with Crippen LogP contribution < -0.4 is 0 Å². The van der Waals surface area contributed by atoms with E-state index in [0.717, 1.165) is 38.4 Å². The van der Waals surface area contributed by atoms with E-state index >= 15 is 0 Å². The maximum Gasteiger partial charge on any atom is 0.137 e. The molecule has 1 N–H and O–H groups in total. The largest absolute Gasteiger partial charge is 0.385 e. The van der Waals surface area contributed by atoms with Gasteiger partial charge in [-0.2, -0.15) is 0 Å². The van der Waals surface area contributed by atoms with Crippen LogP contribution in [0, 0.1) is 0 Å². The highest BCUT2D eigenvalue weighted by molar-refractivity contribution is 4.98. The summed E-state index contributed by atoms with van der Waals surface area (Å²) in [6, 6.07) is 0.403. The molecular formula is C13H24N4O. The summed E-state index contributed by atoms with van der Waals surface area (Å²) in [7, 11) is 4.27. The Hall–Kier alpha value is -0.910. The van der Waals surface area contributed by atoms with Crippen molar-refractivity contribution in [1.29, 1.82) is 0 Å². The standard InChI is InChI=1S/C13H24N4O/c1-4-17-6-5-14-13(17)12(18)9-11-10-15(2)7-8-16(11)3/h5-6,11-12,18H,4,7-10H2,1-3H3. The summed E-state index contributed by atoms with van der Waals surface area (Å²) in [5.74, 6) is 0.791. The van der Waals surface area contributed by atoms with Gasteiger partial charge < -0.3 is 19.5 Å². The van der Waals surface area contributed by atoms with Crippen molar-refractivity contribution in [3.05, 3.63) is 18.2 Å². The summed E-state index contributed by atoms with van der Waals surface area (Å²) in [4.78, 5) is 8.94. The van der Waals surface area contributed by atoms with E-state index in [-0.39, 0.29) is 0 Å². The fourth-order valence-electron chi connectivity index (χ4n) is 2.60. The van der Waals surface area contributed by atoms with Crippen molar-refractivity contribution < 1.29 is 5.11 Å². The smallest absolute Gasteiger partial charge is 0.137 e. The zero-order valence-electron chi connectivity index (χ0n) is 11.6. The molecule has 2 heterocycles. The highest BCUT2D eigenvalue weighted by Gasteiger charge is 2.26. The molecule has 0 amide bonds. The van der Waals surface area contributed by atoms with Gasteiger partial charge in [0.1, 0.15) is 11.9 Å². The number of aliphatic hydroxyl groups is 1. The predicted molar refractivity (Wildman–Crippen MR) is 71.4 cm³/mol. The first-order valence-corrected chi connectivity index (χ1v) is 6.69. The molecule has 0 aromatic carbocycles. The molecule has 0 aliphatic carbocycles. The van der Waals surface area contributed by atoms with Crippen LogP contribution in [-0.4, -0.2) is 64.2 Å². The van der Waals surface area contributed by atoms with Gasteiger partial charge in [0.15, 0.2) is 0 Å². The number of aromatic nitrogens is 2. The van der Waals surface area contributed by atoms with Crippen molar-refractivity contribution in [3.63, 3.8) is 0 Å². The third-order valence-corrected chi connectivity index (χ3v) is 3.86. The van der Waals surface area contributed by atoms with E-state index in [1.165, 1.54) is 0 Å². The van der Waals surface area contributed by atoms with Gasteiger partial charge in [0.2, 0.25) is 0 Å². The molecule has 2 rings (SSSR count). The molecule has 0 spiro atoms. The minimum atomic E-state index is -0.473. The molecule has 1 aromatic heterocycles. The number of rotatable bonds is 4. The van der Waals surface area contributed by atoms with E-state index in [0.29, 0.717) is 6.04 Å². The van der Waals surface area contributed by atoms with Crippen LogP contribution in [-0.2, 0) is 6.54 Å². The SMILES string of the molecule is CCn1ccnc1C(O)CC1CN(C)CCN1C. The Kier molecular flexibility index (Phi) is 4.37. The number of nitrogens with zero attached hydrogens (tertiary/aromatic N) is 4. The van der Waals surface area contributed by atoms with E-state index < -0.39 is 6.10 Å². The van der Waals surface area contributed by atoms with Crippen LogP contribution in [0.2, 0.25) is 0 Å². The van der Waals surface area contributed by atoms with Crippen LogP contribution >= 0.6 is 0 Å². The average Bonchev–Trinajstić information content (AvgIpc) is 2.82. The quantitative estimate of drug-likeness (QED) is 0.851. The molecule has 0 saturated carbocycles. The monoisotopic (exact) mass is 252 g/mol. The number of hydrogen-bond donors (Lipinski definition) is 1. The van der Waals surface area contributed by atoms with Gasteiger partial charge in [0.05, 0.1) is 0 Å². The van der Waals surface area contributed by atoms with Crippen molar-refractivity contribution in [2.24, 2.45) is 0 Å². The fourth-order valence-corrected chi connectivity index (χ4v) is 2.60. The number of aliphatic hydroxyl groups excluding tert-OH is 1. The molecule has 1 aliphatic heterocycles. The van der Waals surface area contributed by atoms with Crippen LogP contribution in [0.4, 0.5) is 0 Å². The lowest BCUT2D eigenvalue weighted by atomic mass is 10.0. The van der Waals surface area contributed by atoms with E-state index in [9.17, 15) is 5.11 Å². The van der Waals surface area contributed by atoms with Crippen molar-refractivity contribution in [2.75, 3.05) is 33.7 Å². The lowest BCUT2D eigenvalue weighted by Gasteiger charge is -2.38. The van der Waals surface area contributed by atoms with Crippen LogP contribution in [0.1, 0.15) is 25.3 Å². The van der Waals surface area contributed by atoms with E-state index in [2.05, 4.69) is 35.8 Å². The van der Waals surface area contributed by atoms with E-state index in [1.54, 1.807) is 6.20 Å². The zero-order chi connectivity index (χ0) is 13.1. The van der Waals surface area contributed by atoms with Crippen LogP contribution in [0.5, 0.6) is 0 Å². The van der Waals surface area contributed by atoms with Gasteiger partial charge >= 0.3 is 0 Å². The molecule has 2 atom stereocenters. The summed E-state index contributed by atoms with van der Waals surface area (Å²) < 4.78 is 2.01. The Morgan fingerprint density at radius 3 is 2.94 bits per heavy atom. The summed E-state index contributed by atoms with van der Waals surface area (Å²) in [6.45, 7) is 6.11. The number of hydrogen-bond acceptors (Lipinski definition) is 4. The highest BCUT2D eigenvalue weighted by atomic mass is 16.3. The molecule has 102 valence electrons. The van der Waals surface area contributed by atoms with Crippen molar-refractivity contribution in [2.45, 2.75) is 32.0 Å². The fraction of sp³-hybridized carbons (Fsp3) is 0.769. The van der Waals surface area contributed by atoms with Crippen molar-refractivity contribution in [1.82, 2.24) is 19.4 Å². The summed E-state index contributed by atoms with van der Waals surface area (Å²) in [5.41, 5.74) is 0. The minimum Gasteiger partial charge on any atom is -0.385 e. The molecule has 5 heteroatoms. The first kappa shape index (κ1) is 13.5. The van der Waals surface area contributed by atoms with Crippen molar-refractivity contribution in [3.8, 4) is 0 Å². The summed E-state index contributed by atoms with van der Waals surface area (Å²) in [6.07, 6.45) is 3.96. The third kappa shape index (κ3) is 2.91. The molecular weight excluding hydrogens is 228 g/mol. The second-order valence-electron chi connectivity index (χ2n) is 5.22. The molecule has 5 nitrogen and oxygen atoms in total. The Morgan fingerprint density at radius 2 is 2.22 bits per heavy atom. The van der Waals surface area contributed by atoms with Crippen LogP contribution in [0.25, 0.3) is 0 Å². The number of aryl methyl sites for hydroxylation is 1. The topological polar surface area (TPSA) is 44.5 Å². The molecule has 0 bridgehead atoms. The second kappa shape index (κ2) is 5.82. The summed E-state index contributed by atoms with van der Waals surface area (Å²) >= 11 is 0. The number of likely N-dealkylation sites (N-methyl/N-ethyl adjacent to an activating group) is 2.